The van der Waals surface area contributed by atoms with E-state index in [0.717, 1.165) is 30.5 Å². The van der Waals surface area contributed by atoms with E-state index < -0.39 is 26.6 Å². The Hall–Kier alpha value is -2.25. The number of sulfonamides is 1. The monoisotopic (exact) mass is 336 g/mol. The van der Waals surface area contributed by atoms with Gasteiger partial charge in [-0.05, 0) is 36.2 Å². The molecule has 7 heteroatoms. The highest BCUT2D eigenvalue weighted by molar-refractivity contribution is 7.89. The van der Waals surface area contributed by atoms with Crippen LogP contribution in [0.25, 0.3) is 0 Å². The van der Waals surface area contributed by atoms with E-state index in [1.54, 1.807) is 18.2 Å². The molecule has 0 aliphatic carbocycles. The molecule has 0 radical (unpaired) electrons. The highest BCUT2D eigenvalue weighted by Crippen LogP contribution is 2.12. The van der Waals surface area contributed by atoms with Crippen LogP contribution in [0, 0.1) is 5.82 Å². The van der Waals surface area contributed by atoms with Crippen LogP contribution >= 0.6 is 0 Å². The van der Waals surface area contributed by atoms with Crippen LogP contribution in [0.2, 0.25) is 0 Å². The Morgan fingerprint density at radius 3 is 2.57 bits per heavy atom. The number of rotatable bonds is 6. The minimum atomic E-state index is -4.17. The molecule has 1 amide bonds. The molecule has 0 saturated carbocycles. The summed E-state index contributed by atoms with van der Waals surface area (Å²) in [6.07, 6.45) is 1.76. The SMILES string of the molecule is CCCc1cccc(C(=O)NNS(=O)(=O)c2ccccc2F)c1. The van der Waals surface area contributed by atoms with Crippen molar-refractivity contribution >= 4 is 15.9 Å². The third-order valence-corrected chi connectivity index (χ3v) is 4.43. The normalized spacial score (nSPS) is 11.2. The summed E-state index contributed by atoms with van der Waals surface area (Å²) in [6.45, 7) is 2.02. The van der Waals surface area contributed by atoms with E-state index in [1.165, 1.54) is 12.1 Å². The average Bonchev–Trinajstić information content (AvgIpc) is 2.53. The summed E-state index contributed by atoms with van der Waals surface area (Å²) in [4.78, 5) is 13.4. The molecule has 0 spiro atoms. The van der Waals surface area contributed by atoms with Crippen molar-refractivity contribution in [2.75, 3.05) is 0 Å². The summed E-state index contributed by atoms with van der Waals surface area (Å²) in [5.41, 5.74) is 3.40. The molecule has 0 aromatic heterocycles. The average molecular weight is 336 g/mol. The Bertz CT molecular complexity index is 806. The molecular formula is C16H17FN2O3S. The highest BCUT2D eigenvalue weighted by Gasteiger charge is 2.19. The second kappa shape index (κ2) is 7.34. The molecule has 0 unspecified atom stereocenters. The molecule has 0 aliphatic rings. The standard InChI is InChI=1S/C16H17FN2O3S/c1-2-6-12-7-5-8-13(11-12)16(20)18-19-23(21,22)15-10-4-3-9-14(15)17/h3-5,7-11,19H,2,6H2,1H3,(H,18,20). The Kier molecular flexibility index (Phi) is 5.46. The third-order valence-electron chi connectivity index (χ3n) is 3.15. The van der Waals surface area contributed by atoms with Gasteiger partial charge in [0.25, 0.3) is 15.9 Å². The molecule has 2 rings (SSSR count). The summed E-state index contributed by atoms with van der Waals surface area (Å²) in [5.74, 6) is -1.50. The van der Waals surface area contributed by atoms with Gasteiger partial charge in [-0.2, -0.15) is 0 Å². The van der Waals surface area contributed by atoms with Crippen molar-refractivity contribution in [2.45, 2.75) is 24.7 Å². The van der Waals surface area contributed by atoms with Crippen molar-refractivity contribution in [3.8, 4) is 0 Å². The molecule has 0 saturated heterocycles. The van der Waals surface area contributed by atoms with E-state index in [0.29, 0.717) is 5.56 Å². The van der Waals surface area contributed by atoms with Gasteiger partial charge in [-0.1, -0.05) is 37.6 Å². The first-order valence-corrected chi connectivity index (χ1v) is 8.58. The summed E-state index contributed by atoms with van der Waals surface area (Å²) in [7, 11) is -4.17. The Morgan fingerprint density at radius 1 is 1.13 bits per heavy atom. The maximum absolute atomic E-state index is 13.5. The lowest BCUT2D eigenvalue weighted by molar-refractivity contribution is 0.0945. The molecule has 2 aromatic carbocycles. The number of amides is 1. The van der Waals surface area contributed by atoms with Gasteiger partial charge in [-0.25, -0.2) is 12.8 Å². The van der Waals surface area contributed by atoms with E-state index in [4.69, 9.17) is 0 Å². The van der Waals surface area contributed by atoms with Gasteiger partial charge in [0, 0.05) is 5.56 Å². The van der Waals surface area contributed by atoms with Crippen molar-refractivity contribution in [3.63, 3.8) is 0 Å². The Labute approximate surface area is 134 Å². The van der Waals surface area contributed by atoms with Crippen LogP contribution in [0.5, 0.6) is 0 Å². The summed E-state index contributed by atoms with van der Waals surface area (Å²) in [6, 6.07) is 11.8. The zero-order valence-corrected chi connectivity index (χ0v) is 13.4. The van der Waals surface area contributed by atoms with Crippen molar-refractivity contribution in [3.05, 3.63) is 65.5 Å². The lowest BCUT2D eigenvalue weighted by atomic mass is 10.1. The molecule has 5 nitrogen and oxygen atoms in total. The van der Waals surface area contributed by atoms with Crippen LogP contribution in [0.1, 0.15) is 29.3 Å². The van der Waals surface area contributed by atoms with Gasteiger partial charge in [-0.15, -0.1) is 4.83 Å². The number of hydrazine groups is 1. The fraction of sp³-hybridized carbons (Fsp3) is 0.188. The van der Waals surface area contributed by atoms with Gasteiger partial charge in [-0.3, -0.25) is 10.2 Å². The first-order valence-electron chi connectivity index (χ1n) is 7.09. The van der Waals surface area contributed by atoms with Crippen LogP contribution in [-0.4, -0.2) is 14.3 Å². The first-order chi connectivity index (χ1) is 10.9. The lowest BCUT2D eigenvalue weighted by Crippen LogP contribution is -2.41. The summed E-state index contributed by atoms with van der Waals surface area (Å²) in [5, 5.41) is 0. The molecule has 0 fully saturated rings. The van der Waals surface area contributed by atoms with Crippen molar-refractivity contribution in [1.82, 2.24) is 10.3 Å². The van der Waals surface area contributed by atoms with Crippen molar-refractivity contribution in [2.24, 2.45) is 0 Å². The maximum Gasteiger partial charge on any atom is 0.266 e. The number of nitrogens with one attached hydrogen (secondary N) is 2. The van der Waals surface area contributed by atoms with Crippen LogP contribution in [0.3, 0.4) is 0 Å². The van der Waals surface area contributed by atoms with E-state index in [9.17, 15) is 17.6 Å². The van der Waals surface area contributed by atoms with E-state index in [2.05, 4.69) is 5.43 Å². The molecule has 0 bridgehead atoms. The number of hydrogen-bond acceptors (Lipinski definition) is 3. The number of halogens is 1. The number of hydrogen-bond donors (Lipinski definition) is 2. The molecule has 23 heavy (non-hydrogen) atoms. The van der Waals surface area contributed by atoms with Crippen molar-refractivity contribution < 1.29 is 17.6 Å². The Morgan fingerprint density at radius 2 is 1.87 bits per heavy atom. The van der Waals surface area contributed by atoms with E-state index >= 15 is 0 Å². The van der Waals surface area contributed by atoms with Gasteiger partial charge in [0.05, 0.1) is 0 Å². The van der Waals surface area contributed by atoms with E-state index in [1.807, 2.05) is 17.8 Å². The highest BCUT2D eigenvalue weighted by atomic mass is 32.2. The molecule has 2 aromatic rings. The number of benzene rings is 2. The number of carbonyl (C=O) groups is 1. The predicted octanol–water partition coefficient (Wildman–Crippen LogP) is 2.40. The molecule has 0 aliphatic heterocycles. The van der Waals surface area contributed by atoms with Crippen LogP contribution < -0.4 is 10.3 Å². The fourth-order valence-corrected chi connectivity index (χ4v) is 2.98. The van der Waals surface area contributed by atoms with Crippen LogP contribution in [-0.2, 0) is 16.4 Å². The predicted molar refractivity (Wildman–Crippen MR) is 84.6 cm³/mol. The summed E-state index contributed by atoms with van der Waals surface area (Å²) >= 11 is 0. The van der Waals surface area contributed by atoms with Crippen molar-refractivity contribution in [1.29, 1.82) is 0 Å². The summed E-state index contributed by atoms with van der Waals surface area (Å²) < 4.78 is 37.5. The van der Waals surface area contributed by atoms with Gasteiger partial charge >= 0.3 is 0 Å². The second-order valence-electron chi connectivity index (χ2n) is 4.94. The first kappa shape index (κ1) is 17.1. The van der Waals surface area contributed by atoms with Crippen LogP contribution in [0.15, 0.2) is 53.4 Å². The van der Waals surface area contributed by atoms with Gasteiger partial charge in [0.1, 0.15) is 10.7 Å². The Balaban J connectivity index is 2.10. The zero-order chi connectivity index (χ0) is 16.9. The lowest BCUT2D eigenvalue weighted by Gasteiger charge is -2.09. The molecule has 0 heterocycles. The van der Waals surface area contributed by atoms with Gasteiger partial charge in [0.2, 0.25) is 0 Å². The third kappa shape index (κ3) is 4.37. The number of carbonyl (C=O) groups excluding carboxylic acids is 1. The minimum absolute atomic E-state index is 0.326. The smallest absolute Gasteiger partial charge is 0.266 e. The fourth-order valence-electron chi connectivity index (χ4n) is 2.06. The topological polar surface area (TPSA) is 75.3 Å². The zero-order valence-electron chi connectivity index (χ0n) is 12.5. The molecular weight excluding hydrogens is 319 g/mol. The number of aryl methyl sites for hydroxylation is 1. The quantitative estimate of drug-likeness (QED) is 0.796. The van der Waals surface area contributed by atoms with E-state index in [-0.39, 0.29) is 0 Å². The van der Waals surface area contributed by atoms with Crippen LogP contribution in [0.4, 0.5) is 4.39 Å². The molecule has 122 valence electrons. The maximum atomic E-state index is 13.5. The van der Waals surface area contributed by atoms with Gasteiger partial charge in [0.15, 0.2) is 0 Å². The van der Waals surface area contributed by atoms with Gasteiger partial charge < -0.3 is 0 Å². The second-order valence-corrected chi connectivity index (χ2v) is 6.59. The minimum Gasteiger partial charge on any atom is -0.273 e. The molecule has 0 atom stereocenters. The largest absolute Gasteiger partial charge is 0.273 e. The molecule has 2 N–H and O–H groups in total.